The van der Waals surface area contributed by atoms with E-state index in [-0.39, 0.29) is 13.0 Å². The van der Waals surface area contributed by atoms with E-state index in [1.165, 1.54) is 11.3 Å². The monoisotopic (exact) mass is 302 g/mol. The van der Waals surface area contributed by atoms with Crippen LogP contribution in [-0.4, -0.2) is 12.8 Å². The Balaban J connectivity index is 2.07. The van der Waals surface area contributed by atoms with Crippen LogP contribution in [0.3, 0.4) is 0 Å². The van der Waals surface area contributed by atoms with Crippen LogP contribution in [0.15, 0.2) is 15.9 Å². The summed E-state index contributed by atoms with van der Waals surface area (Å²) in [5.41, 5.74) is 0. The van der Waals surface area contributed by atoms with Gasteiger partial charge in [0, 0.05) is 27.8 Å². The Morgan fingerprint density at radius 3 is 2.67 bits per heavy atom. The van der Waals surface area contributed by atoms with E-state index in [1.54, 1.807) is 0 Å². The van der Waals surface area contributed by atoms with Gasteiger partial charge in [-0.1, -0.05) is 0 Å². The molecule has 1 heterocycles. The largest absolute Gasteiger partial charge is 0.389 e. The minimum atomic E-state index is -4.07. The molecular weight excluding hydrogens is 293 g/mol. The number of ether oxygens (including phenoxy) is 1. The lowest BCUT2D eigenvalue weighted by atomic mass is 10.3. The molecule has 0 aliphatic rings. The summed E-state index contributed by atoms with van der Waals surface area (Å²) in [7, 11) is 0. The van der Waals surface area contributed by atoms with Gasteiger partial charge < -0.3 is 4.74 Å². The minimum absolute atomic E-state index is 0.0239. The lowest BCUT2D eigenvalue weighted by Crippen LogP contribution is -2.08. The summed E-state index contributed by atoms with van der Waals surface area (Å²) in [6.45, 7) is 0.531. The van der Waals surface area contributed by atoms with Gasteiger partial charge in [0.15, 0.2) is 0 Å². The van der Waals surface area contributed by atoms with E-state index in [0.717, 1.165) is 9.35 Å². The molecule has 86 valence electrons. The summed E-state index contributed by atoms with van der Waals surface area (Å²) in [6.07, 6.45) is -4.83. The molecule has 0 aromatic carbocycles. The van der Waals surface area contributed by atoms with E-state index in [9.17, 15) is 13.2 Å². The molecule has 0 saturated carbocycles. The highest BCUT2D eigenvalue weighted by Gasteiger charge is 2.25. The molecule has 0 spiro atoms. The zero-order chi connectivity index (χ0) is 11.3. The van der Waals surface area contributed by atoms with Crippen LogP contribution >= 0.6 is 27.3 Å². The maximum Gasteiger partial charge on any atom is 0.389 e. The van der Waals surface area contributed by atoms with Gasteiger partial charge in [0.2, 0.25) is 0 Å². The van der Waals surface area contributed by atoms with Gasteiger partial charge in [0.1, 0.15) is 0 Å². The van der Waals surface area contributed by atoms with Gasteiger partial charge in [-0.15, -0.1) is 11.3 Å². The van der Waals surface area contributed by atoms with E-state index in [0.29, 0.717) is 6.61 Å². The SMILES string of the molecule is FC(F)(F)CCCOCc1cc(Br)cs1. The van der Waals surface area contributed by atoms with E-state index in [1.807, 2.05) is 11.4 Å². The van der Waals surface area contributed by atoms with Crippen molar-refractivity contribution in [2.24, 2.45) is 0 Å². The first-order valence-corrected chi connectivity index (χ1v) is 6.02. The van der Waals surface area contributed by atoms with Crippen molar-refractivity contribution in [2.45, 2.75) is 25.6 Å². The van der Waals surface area contributed by atoms with E-state index >= 15 is 0 Å². The first kappa shape index (κ1) is 13.0. The molecule has 0 aliphatic heterocycles. The third kappa shape index (κ3) is 6.17. The predicted octanol–water partition coefficient (Wildman–Crippen LogP) is 4.37. The summed E-state index contributed by atoms with van der Waals surface area (Å²) in [6, 6.07) is 1.90. The fraction of sp³-hybridized carbons (Fsp3) is 0.556. The lowest BCUT2D eigenvalue weighted by Gasteiger charge is -2.05. The van der Waals surface area contributed by atoms with Crippen molar-refractivity contribution in [2.75, 3.05) is 6.61 Å². The molecule has 0 unspecified atom stereocenters. The Morgan fingerprint density at radius 1 is 1.40 bits per heavy atom. The van der Waals surface area contributed by atoms with E-state index in [4.69, 9.17) is 4.74 Å². The molecule has 0 atom stereocenters. The second-order valence-electron chi connectivity index (χ2n) is 3.00. The zero-order valence-electron chi connectivity index (χ0n) is 7.81. The summed E-state index contributed by atoms with van der Waals surface area (Å²) < 4.78 is 41.3. The van der Waals surface area contributed by atoms with E-state index < -0.39 is 12.6 Å². The number of alkyl halides is 3. The average Bonchev–Trinajstić information content (AvgIpc) is 2.49. The molecule has 15 heavy (non-hydrogen) atoms. The molecule has 1 nitrogen and oxygen atoms in total. The predicted molar refractivity (Wildman–Crippen MR) is 57.0 cm³/mol. The van der Waals surface area contributed by atoms with Crippen LogP contribution < -0.4 is 0 Å². The molecule has 0 N–H and O–H groups in total. The van der Waals surface area contributed by atoms with Crippen molar-refractivity contribution < 1.29 is 17.9 Å². The van der Waals surface area contributed by atoms with Crippen LogP contribution in [0.1, 0.15) is 17.7 Å². The van der Waals surface area contributed by atoms with Crippen molar-refractivity contribution >= 4 is 27.3 Å². The highest BCUT2D eigenvalue weighted by atomic mass is 79.9. The van der Waals surface area contributed by atoms with Crippen molar-refractivity contribution in [3.8, 4) is 0 Å². The molecule has 0 saturated heterocycles. The van der Waals surface area contributed by atoms with Gasteiger partial charge in [-0.2, -0.15) is 13.2 Å². The third-order valence-corrected chi connectivity index (χ3v) is 3.29. The van der Waals surface area contributed by atoms with E-state index in [2.05, 4.69) is 15.9 Å². The van der Waals surface area contributed by atoms with Crippen LogP contribution in [0.4, 0.5) is 13.2 Å². The molecule has 0 aliphatic carbocycles. The van der Waals surface area contributed by atoms with Crippen LogP contribution in [0.5, 0.6) is 0 Å². The van der Waals surface area contributed by atoms with Crippen LogP contribution in [-0.2, 0) is 11.3 Å². The van der Waals surface area contributed by atoms with Gasteiger partial charge in [0.05, 0.1) is 6.61 Å². The van der Waals surface area contributed by atoms with Crippen molar-refractivity contribution in [3.63, 3.8) is 0 Å². The first-order valence-electron chi connectivity index (χ1n) is 4.35. The normalized spacial score (nSPS) is 12.0. The third-order valence-electron chi connectivity index (χ3n) is 1.62. The zero-order valence-corrected chi connectivity index (χ0v) is 10.2. The number of hydrogen-bond acceptors (Lipinski definition) is 2. The van der Waals surface area contributed by atoms with Crippen molar-refractivity contribution in [1.29, 1.82) is 0 Å². The number of rotatable bonds is 5. The standard InChI is InChI=1S/C9H10BrF3OS/c10-7-4-8(15-6-7)5-14-3-1-2-9(11,12)13/h4,6H,1-3,5H2. The Hall–Kier alpha value is -0.0700. The topological polar surface area (TPSA) is 9.23 Å². The molecule has 0 fully saturated rings. The molecule has 0 amide bonds. The van der Waals surface area contributed by atoms with Crippen LogP contribution in [0, 0.1) is 0 Å². The highest BCUT2D eigenvalue weighted by Crippen LogP contribution is 2.22. The molecule has 6 heteroatoms. The number of halogens is 4. The second kappa shape index (κ2) is 5.86. The van der Waals surface area contributed by atoms with Gasteiger partial charge in [-0.25, -0.2) is 0 Å². The maximum absolute atomic E-state index is 11.7. The molecule has 1 aromatic heterocycles. The van der Waals surface area contributed by atoms with Gasteiger partial charge in [-0.3, -0.25) is 0 Å². The second-order valence-corrected chi connectivity index (χ2v) is 4.91. The van der Waals surface area contributed by atoms with Gasteiger partial charge in [-0.05, 0) is 28.4 Å². The fourth-order valence-electron chi connectivity index (χ4n) is 0.977. The summed E-state index contributed by atoms with van der Waals surface area (Å²) in [5.74, 6) is 0. The highest BCUT2D eigenvalue weighted by molar-refractivity contribution is 9.10. The summed E-state index contributed by atoms with van der Waals surface area (Å²) >= 11 is 4.81. The van der Waals surface area contributed by atoms with Crippen molar-refractivity contribution in [1.82, 2.24) is 0 Å². The smallest absolute Gasteiger partial charge is 0.376 e. The number of thiophene rings is 1. The average molecular weight is 303 g/mol. The Bertz CT molecular complexity index is 298. The first-order chi connectivity index (χ1) is 6.97. The molecule has 0 radical (unpaired) electrons. The molecule has 0 bridgehead atoms. The van der Waals surface area contributed by atoms with Crippen LogP contribution in [0.2, 0.25) is 0 Å². The Morgan fingerprint density at radius 2 is 2.13 bits per heavy atom. The lowest BCUT2D eigenvalue weighted by molar-refractivity contribution is -0.138. The summed E-state index contributed by atoms with van der Waals surface area (Å²) in [5, 5.41) is 1.91. The Labute approximate surface area is 98.4 Å². The minimum Gasteiger partial charge on any atom is -0.376 e. The van der Waals surface area contributed by atoms with Crippen molar-refractivity contribution in [3.05, 3.63) is 20.8 Å². The quantitative estimate of drug-likeness (QED) is 0.734. The van der Waals surface area contributed by atoms with Gasteiger partial charge in [0.25, 0.3) is 0 Å². The van der Waals surface area contributed by atoms with Gasteiger partial charge >= 0.3 is 6.18 Å². The maximum atomic E-state index is 11.7. The fourth-order valence-corrected chi connectivity index (χ4v) is 2.36. The molecular formula is C9H10BrF3OS. The molecule has 1 aromatic rings. The summed E-state index contributed by atoms with van der Waals surface area (Å²) in [4.78, 5) is 1.01. The Kier molecular flexibility index (Phi) is 5.08. The number of hydrogen-bond donors (Lipinski definition) is 0. The van der Waals surface area contributed by atoms with Crippen LogP contribution in [0.25, 0.3) is 0 Å². The molecule has 1 rings (SSSR count).